The van der Waals surface area contributed by atoms with Crippen LogP contribution in [0.1, 0.15) is 87.8 Å². The van der Waals surface area contributed by atoms with E-state index in [0.29, 0.717) is 57.1 Å². The molecule has 1 spiro atoms. The van der Waals surface area contributed by atoms with Gasteiger partial charge in [-0.2, -0.15) is 39.5 Å². The molecule has 15 heteroatoms. The number of nitrogens with zero attached hydrogens (tertiary/aromatic N) is 2. The van der Waals surface area contributed by atoms with E-state index in [4.69, 9.17) is 4.74 Å². The van der Waals surface area contributed by atoms with Crippen LogP contribution in [0.25, 0.3) is 0 Å². The van der Waals surface area contributed by atoms with Crippen LogP contribution in [-0.4, -0.2) is 72.1 Å². The molecule has 1 aromatic carbocycles. The van der Waals surface area contributed by atoms with Crippen LogP contribution in [0.4, 0.5) is 44.3 Å². The Morgan fingerprint density at radius 3 is 2.02 bits per heavy atom. The molecule has 1 saturated carbocycles. The molecule has 0 aromatic heterocycles. The zero-order chi connectivity index (χ0) is 33.3. The zero-order valence-corrected chi connectivity index (χ0v) is 24.8. The Hall–Kier alpha value is -2.71. The zero-order valence-electron chi connectivity index (χ0n) is 24.8. The minimum absolute atomic E-state index is 0.0759. The van der Waals surface area contributed by atoms with E-state index in [9.17, 15) is 49.1 Å². The van der Waals surface area contributed by atoms with Gasteiger partial charge in [0.1, 0.15) is 0 Å². The molecule has 4 rings (SSSR count). The Kier molecular flexibility index (Phi) is 10.3. The van der Waals surface area contributed by atoms with Crippen molar-refractivity contribution in [2.24, 2.45) is 0 Å². The summed E-state index contributed by atoms with van der Waals surface area (Å²) >= 11 is 0. The maximum Gasteiger partial charge on any atom is 0.434 e. The van der Waals surface area contributed by atoms with E-state index in [0.717, 1.165) is 23.5 Å². The highest BCUT2D eigenvalue weighted by molar-refractivity contribution is 5.84. The van der Waals surface area contributed by atoms with Gasteiger partial charge in [-0.1, -0.05) is 32.3 Å². The minimum atomic E-state index is -5.83. The SMILES string of the molecule is CCCCOC(=O)C1(c2cc(CN3CCCC34CCN(C(=O)OC(C(F)(F)F)C(F)(F)F)CC4)cc(C(F)(F)F)c2)CCCC1. The summed E-state index contributed by atoms with van der Waals surface area (Å²) in [7, 11) is 0. The van der Waals surface area contributed by atoms with Crippen molar-refractivity contribution in [3.8, 4) is 0 Å². The first-order chi connectivity index (χ1) is 20.9. The topological polar surface area (TPSA) is 59.1 Å². The van der Waals surface area contributed by atoms with Gasteiger partial charge < -0.3 is 14.4 Å². The standard InChI is InChI=1S/C30H37F9N2O4/c1-2-3-15-44-24(42)27(8-4-5-9-27)21-16-20(17-22(18-21)28(31,32)33)19-41-12-6-7-26(41)10-13-40(14-11-26)25(43)45-23(29(34,35)36)30(37,38)39/h16-18,23H,2-15,19H2,1H3. The molecule has 3 aliphatic rings. The lowest BCUT2D eigenvalue weighted by Gasteiger charge is -2.45. The van der Waals surface area contributed by atoms with Gasteiger partial charge in [0.15, 0.2) is 0 Å². The largest absolute Gasteiger partial charge is 0.465 e. The molecule has 6 nitrogen and oxygen atoms in total. The predicted molar refractivity (Wildman–Crippen MR) is 143 cm³/mol. The van der Waals surface area contributed by atoms with Crippen LogP contribution < -0.4 is 0 Å². The van der Waals surface area contributed by atoms with Gasteiger partial charge in [0.2, 0.25) is 0 Å². The number of likely N-dealkylation sites (tertiary alicyclic amines) is 2. The van der Waals surface area contributed by atoms with Crippen molar-refractivity contribution in [1.29, 1.82) is 0 Å². The van der Waals surface area contributed by atoms with Gasteiger partial charge in [0.25, 0.3) is 6.10 Å². The molecule has 254 valence electrons. The second-order valence-corrected chi connectivity index (χ2v) is 12.3. The molecule has 1 aliphatic carbocycles. The number of alkyl halides is 9. The molecule has 0 bridgehead atoms. The van der Waals surface area contributed by atoms with Crippen molar-refractivity contribution in [3.63, 3.8) is 0 Å². The summed E-state index contributed by atoms with van der Waals surface area (Å²) in [4.78, 5) is 28.3. The lowest BCUT2D eigenvalue weighted by Crippen LogP contribution is -2.54. The molecule has 2 aliphatic heterocycles. The number of piperidine rings is 1. The van der Waals surface area contributed by atoms with Gasteiger partial charge in [0.05, 0.1) is 17.6 Å². The fraction of sp³-hybridized carbons (Fsp3) is 0.733. The van der Waals surface area contributed by atoms with Crippen molar-refractivity contribution in [2.45, 2.75) is 113 Å². The second kappa shape index (κ2) is 13.2. The van der Waals surface area contributed by atoms with Gasteiger partial charge in [0, 0.05) is 25.2 Å². The molecule has 45 heavy (non-hydrogen) atoms. The Morgan fingerprint density at radius 2 is 1.47 bits per heavy atom. The van der Waals surface area contributed by atoms with E-state index in [-0.39, 0.29) is 44.6 Å². The van der Waals surface area contributed by atoms with E-state index in [1.165, 1.54) is 0 Å². The van der Waals surface area contributed by atoms with Crippen LogP contribution in [0, 0.1) is 0 Å². The smallest absolute Gasteiger partial charge is 0.434 e. The Morgan fingerprint density at radius 1 is 0.844 bits per heavy atom. The lowest BCUT2D eigenvalue weighted by atomic mass is 9.77. The quantitative estimate of drug-likeness (QED) is 0.161. The average Bonchev–Trinajstić information content (AvgIpc) is 3.59. The molecule has 2 heterocycles. The number of halogens is 9. The number of carbonyl (C=O) groups is 2. The lowest BCUT2D eigenvalue weighted by molar-refractivity contribution is -0.308. The monoisotopic (exact) mass is 660 g/mol. The Labute approximate surface area is 255 Å². The summed E-state index contributed by atoms with van der Waals surface area (Å²) in [5.41, 5.74) is -2.13. The third-order valence-corrected chi connectivity index (χ3v) is 9.33. The molecule has 0 N–H and O–H groups in total. The van der Waals surface area contributed by atoms with Gasteiger partial charge >= 0.3 is 30.6 Å². The number of benzene rings is 1. The number of esters is 1. The van der Waals surface area contributed by atoms with Crippen LogP contribution in [0.3, 0.4) is 0 Å². The molecule has 0 radical (unpaired) electrons. The third kappa shape index (κ3) is 7.82. The van der Waals surface area contributed by atoms with E-state index in [1.54, 1.807) is 6.07 Å². The third-order valence-electron chi connectivity index (χ3n) is 9.33. The predicted octanol–water partition coefficient (Wildman–Crippen LogP) is 7.92. The number of unbranched alkanes of at least 4 members (excludes halogenated alkanes) is 1. The van der Waals surface area contributed by atoms with E-state index >= 15 is 0 Å². The number of hydrogen-bond acceptors (Lipinski definition) is 5. The number of ether oxygens (including phenoxy) is 2. The van der Waals surface area contributed by atoms with Gasteiger partial charge in [-0.05, 0) is 74.8 Å². The molecule has 2 saturated heterocycles. The minimum Gasteiger partial charge on any atom is -0.465 e. The first-order valence-electron chi connectivity index (χ1n) is 15.1. The van der Waals surface area contributed by atoms with Crippen LogP contribution in [0.5, 0.6) is 0 Å². The Bertz CT molecular complexity index is 1190. The summed E-state index contributed by atoms with van der Waals surface area (Å²) in [5.74, 6) is -0.533. The highest BCUT2D eigenvalue weighted by Crippen LogP contribution is 2.46. The summed E-state index contributed by atoms with van der Waals surface area (Å²) in [6.07, 6.45) is -17.3. The summed E-state index contributed by atoms with van der Waals surface area (Å²) < 4.78 is 129. The number of carbonyl (C=O) groups excluding carboxylic acids is 2. The maximum atomic E-state index is 14.1. The molecular formula is C30H37F9N2O4. The van der Waals surface area contributed by atoms with Gasteiger partial charge in [-0.3, -0.25) is 9.69 Å². The van der Waals surface area contributed by atoms with Crippen LogP contribution in [0.15, 0.2) is 18.2 Å². The first-order valence-corrected chi connectivity index (χ1v) is 15.1. The van der Waals surface area contributed by atoms with E-state index in [2.05, 4.69) is 4.74 Å². The summed E-state index contributed by atoms with van der Waals surface area (Å²) in [6, 6.07) is 3.69. The number of amides is 1. The molecular weight excluding hydrogens is 623 g/mol. The summed E-state index contributed by atoms with van der Waals surface area (Å²) in [6.45, 7) is 2.31. The van der Waals surface area contributed by atoms with Crippen LogP contribution >= 0.6 is 0 Å². The van der Waals surface area contributed by atoms with Crippen LogP contribution in [0.2, 0.25) is 0 Å². The second-order valence-electron chi connectivity index (χ2n) is 12.3. The molecule has 0 atom stereocenters. The fourth-order valence-electron chi connectivity index (χ4n) is 6.89. The summed E-state index contributed by atoms with van der Waals surface area (Å²) in [5, 5.41) is 0. The average molecular weight is 661 g/mol. The Balaban J connectivity index is 1.53. The molecule has 0 unspecified atom stereocenters. The van der Waals surface area contributed by atoms with E-state index < -0.39 is 53.2 Å². The van der Waals surface area contributed by atoms with Crippen molar-refractivity contribution in [2.75, 3.05) is 26.2 Å². The maximum absolute atomic E-state index is 14.1. The fourth-order valence-corrected chi connectivity index (χ4v) is 6.89. The van der Waals surface area contributed by atoms with Gasteiger partial charge in [-0.15, -0.1) is 0 Å². The molecule has 3 fully saturated rings. The van der Waals surface area contributed by atoms with Crippen LogP contribution in [-0.2, 0) is 32.4 Å². The van der Waals surface area contributed by atoms with Crippen molar-refractivity contribution >= 4 is 12.1 Å². The highest BCUT2D eigenvalue weighted by atomic mass is 19.4. The first kappa shape index (κ1) is 35.1. The molecule has 1 aromatic rings. The van der Waals surface area contributed by atoms with Gasteiger partial charge in [-0.25, -0.2) is 4.79 Å². The van der Waals surface area contributed by atoms with Crippen molar-refractivity contribution in [3.05, 3.63) is 34.9 Å². The van der Waals surface area contributed by atoms with E-state index in [1.807, 2.05) is 11.8 Å². The normalized spacial score (nSPS) is 20.6. The van der Waals surface area contributed by atoms with Crippen molar-refractivity contribution in [1.82, 2.24) is 9.80 Å². The highest BCUT2D eigenvalue weighted by Gasteiger charge is 2.60. The molecule has 1 amide bonds. The number of rotatable bonds is 8. The number of hydrogen-bond donors (Lipinski definition) is 0. The van der Waals surface area contributed by atoms with Crippen molar-refractivity contribution < 1.29 is 58.6 Å².